The summed E-state index contributed by atoms with van der Waals surface area (Å²) in [6.07, 6.45) is 3.26. The SMILES string of the molecule is CN=C(NN)c1ccncc1OC. The van der Waals surface area contributed by atoms with Gasteiger partial charge in [-0.05, 0) is 6.07 Å². The fourth-order valence-corrected chi connectivity index (χ4v) is 1.00. The lowest BCUT2D eigenvalue weighted by Crippen LogP contribution is -2.31. The molecule has 5 heteroatoms. The fourth-order valence-electron chi connectivity index (χ4n) is 1.00. The zero-order valence-electron chi connectivity index (χ0n) is 7.61. The third-order valence-corrected chi connectivity index (χ3v) is 1.62. The Labute approximate surface area is 76.6 Å². The first kappa shape index (κ1) is 9.47. The monoisotopic (exact) mass is 180 g/mol. The predicted octanol–water partition coefficient (Wildman–Crippen LogP) is -0.0701. The third-order valence-electron chi connectivity index (χ3n) is 1.62. The molecule has 1 heterocycles. The van der Waals surface area contributed by atoms with Crippen molar-refractivity contribution in [2.75, 3.05) is 14.2 Å². The van der Waals surface area contributed by atoms with Crippen LogP contribution >= 0.6 is 0 Å². The quantitative estimate of drug-likeness (QED) is 0.289. The summed E-state index contributed by atoms with van der Waals surface area (Å²) in [7, 11) is 3.22. The van der Waals surface area contributed by atoms with E-state index < -0.39 is 0 Å². The molecule has 0 aliphatic rings. The average molecular weight is 180 g/mol. The molecule has 1 rings (SSSR count). The average Bonchev–Trinajstić information content (AvgIpc) is 2.20. The van der Waals surface area contributed by atoms with Crippen LogP contribution in [0.2, 0.25) is 0 Å². The van der Waals surface area contributed by atoms with Gasteiger partial charge in [0.15, 0.2) is 0 Å². The van der Waals surface area contributed by atoms with Crippen LogP contribution in [0.3, 0.4) is 0 Å². The van der Waals surface area contributed by atoms with E-state index in [0.717, 1.165) is 5.56 Å². The number of hydrogen-bond donors (Lipinski definition) is 2. The summed E-state index contributed by atoms with van der Waals surface area (Å²) >= 11 is 0. The number of ether oxygens (including phenoxy) is 1. The molecule has 1 aromatic heterocycles. The van der Waals surface area contributed by atoms with Crippen molar-refractivity contribution < 1.29 is 4.74 Å². The molecule has 0 amide bonds. The highest BCUT2D eigenvalue weighted by Gasteiger charge is 2.06. The smallest absolute Gasteiger partial charge is 0.148 e. The van der Waals surface area contributed by atoms with Gasteiger partial charge < -0.3 is 10.2 Å². The summed E-state index contributed by atoms with van der Waals surface area (Å²) in [5.41, 5.74) is 3.28. The van der Waals surface area contributed by atoms with Crippen molar-refractivity contribution in [1.29, 1.82) is 0 Å². The Balaban J connectivity index is 3.12. The van der Waals surface area contributed by atoms with E-state index >= 15 is 0 Å². The summed E-state index contributed by atoms with van der Waals surface area (Å²) in [6, 6.07) is 1.78. The highest BCUT2D eigenvalue weighted by atomic mass is 16.5. The van der Waals surface area contributed by atoms with Gasteiger partial charge in [0.05, 0.1) is 18.9 Å². The van der Waals surface area contributed by atoms with E-state index in [2.05, 4.69) is 15.4 Å². The maximum Gasteiger partial charge on any atom is 0.148 e. The number of nitrogens with one attached hydrogen (secondary N) is 1. The predicted molar refractivity (Wildman–Crippen MR) is 50.6 cm³/mol. The summed E-state index contributed by atoms with van der Waals surface area (Å²) < 4.78 is 5.09. The zero-order chi connectivity index (χ0) is 9.68. The number of nitrogens with zero attached hydrogens (tertiary/aromatic N) is 2. The van der Waals surface area contributed by atoms with Gasteiger partial charge in [-0.2, -0.15) is 0 Å². The summed E-state index contributed by atoms with van der Waals surface area (Å²) in [5, 5.41) is 0. The van der Waals surface area contributed by atoms with Gasteiger partial charge in [-0.3, -0.25) is 9.98 Å². The topological polar surface area (TPSA) is 72.5 Å². The van der Waals surface area contributed by atoms with Gasteiger partial charge in [-0.1, -0.05) is 0 Å². The van der Waals surface area contributed by atoms with Gasteiger partial charge in [-0.25, -0.2) is 5.84 Å². The van der Waals surface area contributed by atoms with E-state index in [1.165, 1.54) is 0 Å². The second kappa shape index (κ2) is 4.42. The van der Waals surface area contributed by atoms with E-state index in [0.29, 0.717) is 11.6 Å². The summed E-state index contributed by atoms with van der Waals surface area (Å²) in [4.78, 5) is 7.88. The highest BCUT2D eigenvalue weighted by Crippen LogP contribution is 2.15. The minimum absolute atomic E-state index is 0.569. The van der Waals surface area contributed by atoms with Gasteiger partial charge in [0, 0.05) is 13.2 Å². The lowest BCUT2D eigenvalue weighted by atomic mass is 10.2. The van der Waals surface area contributed by atoms with Crippen LogP contribution in [-0.4, -0.2) is 25.0 Å². The Morgan fingerprint density at radius 1 is 1.69 bits per heavy atom. The normalized spacial score (nSPS) is 11.2. The lowest BCUT2D eigenvalue weighted by molar-refractivity contribution is 0.412. The van der Waals surface area contributed by atoms with Crippen molar-refractivity contribution in [1.82, 2.24) is 10.4 Å². The van der Waals surface area contributed by atoms with E-state index in [4.69, 9.17) is 10.6 Å². The number of aromatic nitrogens is 1. The Morgan fingerprint density at radius 3 is 3.00 bits per heavy atom. The van der Waals surface area contributed by atoms with E-state index in [9.17, 15) is 0 Å². The molecule has 0 saturated carbocycles. The van der Waals surface area contributed by atoms with Crippen molar-refractivity contribution >= 4 is 5.84 Å². The van der Waals surface area contributed by atoms with E-state index in [-0.39, 0.29) is 0 Å². The summed E-state index contributed by atoms with van der Waals surface area (Å²) in [6.45, 7) is 0. The Hall–Kier alpha value is -1.62. The second-order valence-corrected chi connectivity index (χ2v) is 2.29. The summed E-state index contributed by atoms with van der Waals surface area (Å²) in [5.74, 6) is 6.49. The molecular formula is C8H12N4O. The van der Waals surface area contributed by atoms with Crippen LogP contribution in [0, 0.1) is 0 Å². The van der Waals surface area contributed by atoms with Crippen LogP contribution < -0.4 is 16.0 Å². The molecule has 13 heavy (non-hydrogen) atoms. The molecule has 0 spiro atoms. The first-order valence-corrected chi connectivity index (χ1v) is 3.75. The number of aliphatic imine (C=N–C) groups is 1. The lowest BCUT2D eigenvalue weighted by Gasteiger charge is -2.08. The van der Waals surface area contributed by atoms with E-state index in [1.54, 1.807) is 32.6 Å². The molecule has 3 N–H and O–H groups in total. The number of rotatable bonds is 2. The van der Waals surface area contributed by atoms with Gasteiger partial charge in [0.1, 0.15) is 11.6 Å². The van der Waals surface area contributed by atoms with Crippen molar-refractivity contribution in [3.05, 3.63) is 24.0 Å². The van der Waals surface area contributed by atoms with Crippen LogP contribution in [0.1, 0.15) is 5.56 Å². The molecule has 0 bridgehead atoms. The largest absolute Gasteiger partial charge is 0.494 e. The van der Waals surface area contributed by atoms with Crippen molar-refractivity contribution in [3.63, 3.8) is 0 Å². The molecule has 0 aromatic carbocycles. The Bertz CT molecular complexity index is 311. The fraction of sp³-hybridized carbons (Fsp3) is 0.250. The molecule has 0 saturated heterocycles. The molecule has 0 radical (unpaired) electrons. The molecule has 70 valence electrons. The van der Waals surface area contributed by atoms with Gasteiger partial charge in [-0.15, -0.1) is 0 Å². The third kappa shape index (κ3) is 1.94. The second-order valence-electron chi connectivity index (χ2n) is 2.29. The van der Waals surface area contributed by atoms with Crippen LogP contribution in [-0.2, 0) is 0 Å². The molecule has 1 aromatic rings. The number of hydrogen-bond acceptors (Lipinski definition) is 4. The van der Waals surface area contributed by atoms with Crippen molar-refractivity contribution in [3.8, 4) is 5.75 Å². The number of pyridine rings is 1. The van der Waals surface area contributed by atoms with Crippen LogP contribution in [0.4, 0.5) is 0 Å². The zero-order valence-corrected chi connectivity index (χ0v) is 7.61. The van der Waals surface area contributed by atoms with Crippen molar-refractivity contribution in [2.45, 2.75) is 0 Å². The minimum atomic E-state index is 0.569. The van der Waals surface area contributed by atoms with Gasteiger partial charge in [0.25, 0.3) is 0 Å². The molecular weight excluding hydrogens is 168 g/mol. The minimum Gasteiger partial charge on any atom is -0.494 e. The molecule has 0 fully saturated rings. The van der Waals surface area contributed by atoms with Crippen LogP contribution in [0.5, 0.6) is 5.75 Å². The van der Waals surface area contributed by atoms with E-state index in [1.807, 2.05) is 0 Å². The molecule has 0 atom stereocenters. The van der Waals surface area contributed by atoms with Crippen LogP contribution in [0.15, 0.2) is 23.5 Å². The molecule has 0 unspecified atom stereocenters. The standard InChI is InChI=1S/C8H12N4O/c1-10-8(12-9)6-3-4-11-5-7(6)13-2/h3-5H,9H2,1-2H3,(H,10,12). The van der Waals surface area contributed by atoms with Gasteiger partial charge >= 0.3 is 0 Å². The van der Waals surface area contributed by atoms with Crippen LogP contribution in [0.25, 0.3) is 0 Å². The number of hydrazine groups is 1. The maximum absolute atomic E-state index is 5.28. The number of amidine groups is 1. The molecule has 0 aliphatic carbocycles. The maximum atomic E-state index is 5.28. The number of nitrogens with two attached hydrogens (primary N) is 1. The molecule has 5 nitrogen and oxygen atoms in total. The Kier molecular flexibility index (Phi) is 3.22. The first-order chi connectivity index (χ1) is 6.33. The van der Waals surface area contributed by atoms with Crippen molar-refractivity contribution in [2.24, 2.45) is 10.8 Å². The highest BCUT2D eigenvalue weighted by molar-refractivity contribution is 6.00. The van der Waals surface area contributed by atoms with Gasteiger partial charge in [0.2, 0.25) is 0 Å². The number of methoxy groups -OCH3 is 1. The first-order valence-electron chi connectivity index (χ1n) is 3.75. The molecule has 0 aliphatic heterocycles. The Morgan fingerprint density at radius 2 is 2.46 bits per heavy atom.